The normalized spacial score (nSPS) is 14.6. The Kier molecular flexibility index (Phi) is 6.08. The third-order valence-corrected chi connectivity index (χ3v) is 5.98. The van der Waals surface area contributed by atoms with Crippen molar-refractivity contribution in [1.29, 1.82) is 0 Å². The van der Waals surface area contributed by atoms with Gasteiger partial charge >= 0.3 is 0 Å². The zero-order valence-electron chi connectivity index (χ0n) is 20.0. The van der Waals surface area contributed by atoms with Gasteiger partial charge in [0.1, 0.15) is 11.2 Å². The molecule has 1 fully saturated rings. The SMILES string of the molecule is CCn1cc(-c2ccnc(Nc3cnn(C4CN(CC(C)(C)N=O)C4)c3)n2)c(-c2cccnc2)n1. The van der Waals surface area contributed by atoms with E-state index in [1.807, 2.05) is 53.8 Å². The van der Waals surface area contributed by atoms with Crippen molar-refractivity contribution in [3.63, 3.8) is 0 Å². The van der Waals surface area contributed by atoms with Crippen molar-refractivity contribution < 1.29 is 0 Å². The summed E-state index contributed by atoms with van der Waals surface area (Å²) in [7, 11) is 0. The van der Waals surface area contributed by atoms with Crippen LogP contribution in [0, 0.1) is 4.91 Å². The Bertz CT molecular complexity index is 1310. The number of nitroso groups, excluding NO2 is 1. The molecule has 0 aromatic carbocycles. The number of hydrogen-bond donors (Lipinski definition) is 1. The van der Waals surface area contributed by atoms with Crippen LogP contribution < -0.4 is 5.32 Å². The van der Waals surface area contributed by atoms with Crippen LogP contribution in [-0.4, -0.2) is 64.6 Å². The first-order valence-electron chi connectivity index (χ1n) is 11.6. The number of likely N-dealkylation sites (tertiary alicyclic amines) is 1. The molecule has 0 aliphatic carbocycles. The van der Waals surface area contributed by atoms with E-state index in [9.17, 15) is 4.91 Å². The highest BCUT2D eigenvalue weighted by Gasteiger charge is 2.33. The fourth-order valence-electron chi connectivity index (χ4n) is 4.20. The molecule has 1 aliphatic heterocycles. The Balaban J connectivity index is 1.30. The lowest BCUT2D eigenvalue weighted by atomic mass is 10.0. The molecule has 0 amide bonds. The van der Waals surface area contributed by atoms with Gasteiger partial charge in [0, 0.05) is 68.3 Å². The minimum Gasteiger partial charge on any atom is -0.321 e. The van der Waals surface area contributed by atoms with E-state index in [0.717, 1.165) is 47.8 Å². The van der Waals surface area contributed by atoms with Crippen LogP contribution in [0.1, 0.15) is 26.8 Å². The number of anilines is 2. The van der Waals surface area contributed by atoms with Gasteiger partial charge in [0.15, 0.2) is 0 Å². The van der Waals surface area contributed by atoms with E-state index in [0.29, 0.717) is 12.5 Å². The van der Waals surface area contributed by atoms with Crippen molar-refractivity contribution in [2.24, 2.45) is 5.18 Å². The minimum atomic E-state index is -0.575. The van der Waals surface area contributed by atoms with Crippen molar-refractivity contribution in [2.75, 3.05) is 25.0 Å². The molecule has 4 aromatic heterocycles. The topological polar surface area (TPSA) is 119 Å². The maximum Gasteiger partial charge on any atom is 0.227 e. The van der Waals surface area contributed by atoms with Crippen LogP contribution in [0.2, 0.25) is 0 Å². The van der Waals surface area contributed by atoms with Crippen molar-refractivity contribution in [3.8, 4) is 22.5 Å². The van der Waals surface area contributed by atoms with Gasteiger partial charge in [-0.1, -0.05) is 5.18 Å². The van der Waals surface area contributed by atoms with Crippen LogP contribution in [-0.2, 0) is 6.54 Å². The molecule has 0 saturated carbocycles. The van der Waals surface area contributed by atoms with Gasteiger partial charge < -0.3 is 5.32 Å². The quantitative estimate of drug-likeness (QED) is 0.366. The number of hydrogen-bond acceptors (Lipinski definition) is 9. The molecule has 4 aromatic rings. The van der Waals surface area contributed by atoms with Crippen molar-refractivity contribution in [2.45, 2.75) is 38.9 Å². The highest BCUT2D eigenvalue weighted by Crippen LogP contribution is 2.30. The monoisotopic (exact) mass is 472 g/mol. The highest BCUT2D eigenvalue weighted by atomic mass is 16.3. The standard InChI is InChI=1S/C24H28N10O/c1-4-33-15-20(22(30-33)17-6-5-8-25-10-17)21-7-9-26-23(29-21)28-18-11-27-34(12-18)19-13-32(14-19)16-24(2,3)31-35/h5-12,15,19H,4,13-14,16H2,1-3H3,(H,26,28,29). The molecule has 0 bridgehead atoms. The lowest BCUT2D eigenvalue weighted by Gasteiger charge is -2.41. The summed E-state index contributed by atoms with van der Waals surface area (Å²) in [5.74, 6) is 0.484. The number of aromatic nitrogens is 7. The molecule has 0 atom stereocenters. The highest BCUT2D eigenvalue weighted by molar-refractivity contribution is 5.78. The second kappa shape index (κ2) is 9.34. The van der Waals surface area contributed by atoms with Gasteiger partial charge in [-0.05, 0) is 39.0 Å². The molecular formula is C24H28N10O. The number of nitrogens with one attached hydrogen (secondary N) is 1. The number of aryl methyl sites for hydroxylation is 1. The van der Waals surface area contributed by atoms with Gasteiger partial charge in [0.25, 0.3) is 0 Å². The summed E-state index contributed by atoms with van der Waals surface area (Å²) in [6.45, 7) is 8.83. The molecule has 0 spiro atoms. The van der Waals surface area contributed by atoms with Gasteiger partial charge in [-0.25, -0.2) is 9.97 Å². The Morgan fingerprint density at radius 2 is 2.03 bits per heavy atom. The van der Waals surface area contributed by atoms with E-state index in [4.69, 9.17) is 10.1 Å². The lowest BCUT2D eigenvalue weighted by molar-refractivity contribution is 0.0794. The molecule has 11 nitrogen and oxygen atoms in total. The molecule has 180 valence electrons. The zero-order valence-corrected chi connectivity index (χ0v) is 20.0. The molecule has 11 heteroatoms. The van der Waals surface area contributed by atoms with Gasteiger partial charge in [0.2, 0.25) is 5.95 Å². The predicted octanol–water partition coefficient (Wildman–Crippen LogP) is 3.76. The number of nitrogens with zero attached hydrogens (tertiary/aromatic N) is 9. The molecule has 0 unspecified atom stereocenters. The third kappa shape index (κ3) is 4.94. The fourth-order valence-corrected chi connectivity index (χ4v) is 4.20. The van der Waals surface area contributed by atoms with E-state index in [2.05, 4.69) is 37.4 Å². The Morgan fingerprint density at radius 3 is 2.77 bits per heavy atom. The summed E-state index contributed by atoms with van der Waals surface area (Å²) in [6.07, 6.45) is 11.0. The van der Waals surface area contributed by atoms with Gasteiger partial charge in [-0.15, -0.1) is 0 Å². The summed E-state index contributed by atoms with van der Waals surface area (Å²) in [5, 5.41) is 15.7. The van der Waals surface area contributed by atoms with Gasteiger partial charge in [-0.3, -0.25) is 19.2 Å². The molecule has 5 heterocycles. The lowest BCUT2D eigenvalue weighted by Crippen LogP contribution is -2.52. The number of pyridine rings is 1. The summed E-state index contributed by atoms with van der Waals surface area (Å²) in [6, 6.07) is 6.04. The van der Waals surface area contributed by atoms with E-state index in [1.165, 1.54) is 0 Å². The van der Waals surface area contributed by atoms with Crippen molar-refractivity contribution in [1.82, 2.24) is 39.4 Å². The largest absolute Gasteiger partial charge is 0.321 e. The van der Waals surface area contributed by atoms with E-state index >= 15 is 0 Å². The van der Waals surface area contributed by atoms with Crippen molar-refractivity contribution >= 4 is 11.6 Å². The zero-order chi connectivity index (χ0) is 24.4. The summed E-state index contributed by atoms with van der Waals surface area (Å²) >= 11 is 0. The Labute approximate surface area is 203 Å². The van der Waals surface area contributed by atoms with E-state index in [1.54, 1.807) is 24.8 Å². The van der Waals surface area contributed by atoms with Crippen LogP contribution in [0.4, 0.5) is 11.6 Å². The minimum absolute atomic E-state index is 0.266. The van der Waals surface area contributed by atoms with Crippen LogP contribution in [0.3, 0.4) is 0 Å². The molecular weight excluding hydrogens is 444 g/mol. The number of rotatable bonds is 9. The Morgan fingerprint density at radius 1 is 1.17 bits per heavy atom. The summed E-state index contributed by atoms with van der Waals surface area (Å²) < 4.78 is 3.83. The third-order valence-electron chi connectivity index (χ3n) is 5.98. The van der Waals surface area contributed by atoms with Crippen molar-refractivity contribution in [3.05, 3.63) is 60.3 Å². The maximum absolute atomic E-state index is 10.9. The van der Waals surface area contributed by atoms with Crippen LogP contribution in [0.25, 0.3) is 22.5 Å². The average molecular weight is 473 g/mol. The van der Waals surface area contributed by atoms with Gasteiger partial charge in [0.05, 0.1) is 23.6 Å². The van der Waals surface area contributed by atoms with Crippen LogP contribution in [0.5, 0.6) is 0 Å². The summed E-state index contributed by atoms with van der Waals surface area (Å²) in [4.78, 5) is 26.5. The van der Waals surface area contributed by atoms with Gasteiger partial charge in [-0.2, -0.15) is 15.1 Å². The fraction of sp³-hybridized carbons (Fsp3) is 0.375. The van der Waals surface area contributed by atoms with E-state index < -0.39 is 5.54 Å². The molecule has 1 saturated heterocycles. The maximum atomic E-state index is 10.9. The molecule has 1 N–H and O–H groups in total. The first-order chi connectivity index (χ1) is 16.9. The molecule has 5 rings (SSSR count). The second-order valence-corrected chi connectivity index (χ2v) is 9.34. The Hall–Kier alpha value is -3.99. The first-order valence-corrected chi connectivity index (χ1v) is 11.6. The molecule has 1 aliphatic rings. The second-order valence-electron chi connectivity index (χ2n) is 9.34. The predicted molar refractivity (Wildman–Crippen MR) is 133 cm³/mol. The van der Waals surface area contributed by atoms with Crippen LogP contribution >= 0.6 is 0 Å². The van der Waals surface area contributed by atoms with Crippen LogP contribution in [0.15, 0.2) is 60.6 Å². The smallest absolute Gasteiger partial charge is 0.227 e. The summed E-state index contributed by atoms with van der Waals surface area (Å²) in [5.41, 5.74) is 3.70. The molecule has 35 heavy (non-hydrogen) atoms. The average Bonchev–Trinajstić information content (AvgIpc) is 3.49. The van der Waals surface area contributed by atoms with E-state index in [-0.39, 0.29) is 6.04 Å². The molecule has 0 radical (unpaired) electrons. The first kappa shape index (κ1) is 22.8.